The number of halogens is 1. The first kappa shape index (κ1) is 25.3. The fourth-order valence-electron chi connectivity index (χ4n) is 2.67. The Labute approximate surface area is 194 Å². The number of thiazole rings is 1. The Morgan fingerprint density at radius 1 is 1.07 bits per heavy atom. The van der Waals surface area contributed by atoms with Crippen LogP contribution in [0.15, 0.2) is 22.5 Å². The summed E-state index contributed by atoms with van der Waals surface area (Å²) >= 11 is 1.72. The highest BCUT2D eigenvalue weighted by molar-refractivity contribution is 14.0. The number of aryl methyl sites for hydroxylation is 1. The molecule has 0 saturated carbocycles. The van der Waals surface area contributed by atoms with Crippen LogP contribution in [0.4, 0.5) is 0 Å². The molecule has 0 radical (unpaired) electrons. The molecule has 7 nitrogen and oxygen atoms in total. The van der Waals surface area contributed by atoms with Crippen molar-refractivity contribution in [2.75, 3.05) is 34.4 Å². The number of benzene rings is 1. The highest BCUT2D eigenvalue weighted by atomic mass is 127. The molecule has 0 unspecified atom stereocenters. The van der Waals surface area contributed by atoms with Crippen LogP contribution in [0, 0.1) is 0 Å². The summed E-state index contributed by atoms with van der Waals surface area (Å²) in [7, 11) is 4.81. The van der Waals surface area contributed by atoms with Crippen molar-refractivity contribution >= 4 is 41.3 Å². The Kier molecular flexibility index (Phi) is 11.7. The van der Waals surface area contributed by atoms with Crippen molar-refractivity contribution in [2.24, 2.45) is 4.99 Å². The third-order valence-electron chi connectivity index (χ3n) is 4.06. The molecule has 2 aromatic rings. The molecule has 0 aliphatic heterocycles. The maximum absolute atomic E-state index is 5.41. The minimum atomic E-state index is 0. The van der Waals surface area contributed by atoms with Gasteiger partial charge in [0.25, 0.3) is 0 Å². The number of hydrogen-bond acceptors (Lipinski definition) is 6. The van der Waals surface area contributed by atoms with E-state index in [9.17, 15) is 0 Å². The molecule has 0 atom stereocenters. The summed E-state index contributed by atoms with van der Waals surface area (Å²) in [5.41, 5.74) is 2.09. The second-order valence-electron chi connectivity index (χ2n) is 5.99. The van der Waals surface area contributed by atoms with Crippen molar-refractivity contribution in [1.29, 1.82) is 0 Å². The molecule has 1 heterocycles. The molecule has 162 valence electrons. The number of rotatable bonds is 10. The van der Waals surface area contributed by atoms with E-state index in [1.807, 2.05) is 19.1 Å². The van der Waals surface area contributed by atoms with Gasteiger partial charge in [-0.2, -0.15) is 0 Å². The van der Waals surface area contributed by atoms with Crippen LogP contribution in [0.5, 0.6) is 17.2 Å². The lowest BCUT2D eigenvalue weighted by Gasteiger charge is -2.14. The molecule has 29 heavy (non-hydrogen) atoms. The van der Waals surface area contributed by atoms with E-state index in [4.69, 9.17) is 14.2 Å². The van der Waals surface area contributed by atoms with Crippen LogP contribution < -0.4 is 24.8 Å². The molecule has 1 aromatic heterocycles. The molecule has 2 rings (SSSR count). The quantitative estimate of drug-likeness (QED) is 0.276. The third-order valence-corrected chi connectivity index (χ3v) is 5.11. The molecule has 1 aromatic carbocycles. The van der Waals surface area contributed by atoms with E-state index in [1.165, 1.54) is 5.01 Å². The maximum atomic E-state index is 5.41. The molecule has 9 heteroatoms. The van der Waals surface area contributed by atoms with Gasteiger partial charge >= 0.3 is 0 Å². The predicted molar refractivity (Wildman–Crippen MR) is 130 cm³/mol. The zero-order chi connectivity index (χ0) is 20.4. The van der Waals surface area contributed by atoms with Crippen molar-refractivity contribution in [3.05, 3.63) is 33.8 Å². The predicted octanol–water partition coefficient (Wildman–Crippen LogP) is 3.65. The van der Waals surface area contributed by atoms with Gasteiger partial charge in [-0.15, -0.1) is 35.3 Å². The average Bonchev–Trinajstić information content (AvgIpc) is 3.19. The van der Waals surface area contributed by atoms with Gasteiger partial charge in [-0.05, 0) is 31.0 Å². The van der Waals surface area contributed by atoms with Crippen LogP contribution in [0.3, 0.4) is 0 Å². The second-order valence-corrected chi connectivity index (χ2v) is 6.93. The van der Waals surface area contributed by atoms with Crippen LogP contribution in [0.1, 0.15) is 30.1 Å². The number of aliphatic imine (C=N–C) groups is 1. The molecular weight excluding hydrogens is 503 g/mol. The summed E-state index contributed by atoms with van der Waals surface area (Å²) < 4.78 is 16.2. The lowest BCUT2D eigenvalue weighted by molar-refractivity contribution is 0.324. The highest BCUT2D eigenvalue weighted by Gasteiger charge is 2.13. The van der Waals surface area contributed by atoms with Crippen LogP contribution in [0.2, 0.25) is 0 Å². The van der Waals surface area contributed by atoms with E-state index >= 15 is 0 Å². The van der Waals surface area contributed by atoms with E-state index in [2.05, 4.69) is 32.9 Å². The number of ether oxygens (including phenoxy) is 3. The van der Waals surface area contributed by atoms with Crippen molar-refractivity contribution < 1.29 is 14.2 Å². The molecule has 2 N–H and O–H groups in total. The van der Waals surface area contributed by atoms with Crippen molar-refractivity contribution in [3.8, 4) is 17.2 Å². The summed E-state index contributed by atoms with van der Waals surface area (Å²) in [5.74, 6) is 2.60. The summed E-state index contributed by atoms with van der Waals surface area (Å²) in [6, 6.07) is 3.83. The maximum Gasteiger partial charge on any atom is 0.203 e. The topological polar surface area (TPSA) is 77.0 Å². The number of guanidine groups is 1. The summed E-state index contributed by atoms with van der Waals surface area (Å²) in [6.07, 6.45) is 1.85. The van der Waals surface area contributed by atoms with Gasteiger partial charge in [0, 0.05) is 24.9 Å². The minimum Gasteiger partial charge on any atom is -0.493 e. The Hall–Kier alpha value is -1.75. The standard InChI is InChI=1S/C20H30N4O3S.HI/c1-6-18-24-15(13-28-18)8-9-22-20(21-7-2)23-12-14-10-16(25-3)19(27-5)17(11-14)26-4;/h10-11,13H,6-9,12H2,1-5H3,(H2,21,22,23);1H. The molecule has 0 spiro atoms. The average molecular weight is 534 g/mol. The number of nitrogens with one attached hydrogen (secondary N) is 2. The summed E-state index contributed by atoms with van der Waals surface area (Å²) in [5, 5.41) is 9.94. The van der Waals surface area contributed by atoms with Gasteiger partial charge in [0.15, 0.2) is 17.5 Å². The van der Waals surface area contributed by atoms with Gasteiger partial charge in [0.05, 0.1) is 38.6 Å². The van der Waals surface area contributed by atoms with Gasteiger partial charge in [0.2, 0.25) is 5.75 Å². The number of hydrogen-bond donors (Lipinski definition) is 2. The van der Waals surface area contributed by atoms with Crippen molar-refractivity contribution in [3.63, 3.8) is 0 Å². The lowest BCUT2D eigenvalue weighted by Crippen LogP contribution is -2.38. The van der Waals surface area contributed by atoms with E-state index in [0.29, 0.717) is 23.8 Å². The van der Waals surface area contributed by atoms with Gasteiger partial charge in [-0.1, -0.05) is 6.92 Å². The summed E-state index contributed by atoms with van der Waals surface area (Å²) in [6.45, 7) is 6.22. The van der Waals surface area contributed by atoms with Crippen molar-refractivity contribution in [1.82, 2.24) is 15.6 Å². The second kappa shape index (κ2) is 13.5. The molecule has 0 aliphatic rings. The zero-order valence-corrected chi connectivity index (χ0v) is 20.9. The third kappa shape index (κ3) is 7.54. The Bertz CT molecular complexity index is 758. The molecule has 0 aliphatic carbocycles. The first-order valence-corrected chi connectivity index (χ1v) is 10.3. The Morgan fingerprint density at radius 2 is 1.76 bits per heavy atom. The molecule has 0 fully saturated rings. The number of aromatic nitrogens is 1. The van der Waals surface area contributed by atoms with E-state index in [-0.39, 0.29) is 24.0 Å². The van der Waals surface area contributed by atoms with Gasteiger partial charge < -0.3 is 24.8 Å². The van der Waals surface area contributed by atoms with Gasteiger partial charge in [0.1, 0.15) is 0 Å². The normalized spacial score (nSPS) is 10.9. The van der Waals surface area contributed by atoms with E-state index in [1.54, 1.807) is 32.7 Å². The smallest absolute Gasteiger partial charge is 0.203 e. The summed E-state index contributed by atoms with van der Waals surface area (Å²) in [4.78, 5) is 9.27. The first-order chi connectivity index (χ1) is 13.6. The minimum absolute atomic E-state index is 0. The van der Waals surface area contributed by atoms with Gasteiger partial charge in [-0.25, -0.2) is 9.98 Å². The monoisotopic (exact) mass is 534 g/mol. The number of nitrogens with zero attached hydrogens (tertiary/aromatic N) is 2. The van der Waals surface area contributed by atoms with Gasteiger partial charge in [-0.3, -0.25) is 0 Å². The largest absolute Gasteiger partial charge is 0.493 e. The zero-order valence-electron chi connectivity index (χ0n) is 17.7. The van der Waals surface area contributed by atoms with Crippen LogP contribution in [-0.4, -0.2) is 45.4 Å². The fraction of sp³-hybridized carbons (Fsp3) is 0.500. The molecular formula is C20H31IN4O3S. The van der Waals surface area contributed by atoms with E-state index < -0.39 is 0 Å². The SMILES string of the molecule is CCNC(=NCc1cc(OC)c(OC)c(OC)c1)NCCc1csc(CC)n1.I. The highest BCUT2D eigenvalue weighted by Crippen LogP contribution is 2.38. The molecule has 0 bridgehead atoms. The first-order valence-electron chi connectivity index (χ1n) is 9.39. The molecule has 0 saturated heterocycles. The van der Waals surface area contributed by atoms with Crippen LogP contribution >= 0.6 is 35.3 Å². The van der Waals surface area contributed by atoms with Crippen molar-refractivity contribution in [2.45, 2.75) is 33.2 Å². The molecule has 0 amide bonds. The van der Waals surface area contributed by atoms with E-state index in [0.717, 1.165) is 43.1 Å². The van der Waals surface area contributed by atoms with Crippen LogP contribution in [-0.2, 0) is 19.4 Å². The fourth-order valence-corrected chi connectivity index (χ4v) is 3.45. The van der Waals surface area contributed by atoms with Crippen LogP contribution in [0.25, 0.3) is 0 Å². The Morgan fingerprint density at radius 3 is 2.28 bits per heavy atom. The lowest BCUT2D eigenvalue weighted by atomic mass is 10.2. The Balaban J connectivity index is 0.00000420. The number of methoxy groups -OCH3 is 3.